The van der Waals surface area contributed by atoms with Gasteiger partial charge < -0.3 is 15.2 Å². The number of nitrogens with two attached hydrogens (primary N) is 1. The van der Waals surface area contributed by atoms with Crippen molar-refractivity contribution >= 4 is 15.9 Å². The van der Waals surface area contributed by atoms with Crippen molar-refractivity contribution in [3.63, 3.8) is 0 Å². The number of ether oxygens (including phenoxy) is 2. The third-order valence-corrected chi connectivity index (χ3v) is 3.46. The number of hydrogen-bond acceptors (Lipinski definition) is 3. The predicted molar refractivity (Wildman–Crippen MR) is 84.2 cm³/mol. The van der Waals surface area contributed by atoms with E-state index in [9.17, 15) is 4.39 Å². The highest BCUT2D eigenvalue weighted by Crippen LogP contribution is 2.26. The van der Waals surface area contributed by atoms with Crippen molar-refractivity contribution in [2.24, 2.45) is 5.73 Å². The lowest BCUT2D eigenvalue weighted by molar-refractivity contribution is 0.299. The lowest BCUT2D eigenvalue weighted by Crippen LogP contribution is -2.06. The van der Waals surface area contributed by atoms with Gasteiger partial charge in [0.1, 0.15) is 23.9 Å². The lowest BCUT2D eigenvalue weighted by atomic mass is 10.1. The molecule has 0 unspecified atom stereocenters. The van der Waals surface area contributed by atoms with E-state index in [-0.39, 0.29) is 12.4 Å². The summed E-state index contributed by atoms with van der Waals surface area (Å²) >= 11 is 3.27. The van der Waals surface area contributed by atoms with Gasteiger partial charge in [0.15, 0.2) is 0 Å². The van der Waals surface area contributed by atoms with Gasteiger partial charge in [0, 0.05) is 10.5 Å². The van der Waals surface area contributed by atoms with Crippen molar-refractivity contribution < 1.29 is 13.9 Å². The second-order valence-corrected chi connectivity index (χ2v) is 5.49. The number of methoxy groups -OCH3 is 1. The zero-order chi connectivity index (χ0) is 15.2. The summed E-state index contributed by atoms with van der Waals surface area (Å²) in [5.41, 5.74) is 7.37. The summed E-state index contributed by atoms with van der Waals surface area (Å²) in [5.74, 6) is 1.13. The van der Waals surface area contributed by atoms with Gasteiger partial charge in [-0.25, -0.2) is 4.39 Å². The maximum absolute atomic E-state index is 13.4. The van der Waals surface area contributed by atoms with Gasteiger partial charge in [-0.15, -0.1) is 0 Å². The summed E-state index contributed by atoms with van der Waals surface area (Å²) in [5, 5.41) is 0. The van der Waals surface area contributed by atoms with Crippen LogP contribution in [0.1, 0.15) is 11.1 Å². The molecule has 2 rings (SSSR count). The minimum atomic E-state index is -0.296. The molecule has 2 N–H and O–H groups in total. The Morgan fingerprint density at radius 2 is 2.00 bits per heavy atom. The molecule has 0 aromatic heterocycles. The Bertz CT molecular complexity index is 599. The molecule has 0 fully saturated rings. The van der Waals surface area contributed by atoms with E-state index in [0.29, 0.717) is 28.9 Å². The first-order valence-electron chi connectivity index (χ1n) is 6.57. The highest BCUT2D eigenvalue weighted by atomic mass is 79.9. The maximum atomic E-state index is 13.4. The van der Waals surface area contributed by atoms with Crippen LogP contribution in [0, 0.1) is 5.82 Å². The monoisotopic (exact) mass is 353 g/mol. The third-order valence-electron chi connectivity index (χ3n) is 3.00. The van der Waals surface area contributed by atoms with Gasteiger partial charge in [-0.05, 0) is 48.4 Å². The number of rotatable bonds is 6. The van der Waals surface area contributed by atoms with E-state index in [4.69, 9.17) is 15.2 Å². The molecule has 0 spiro atoms. The van der Waals surface area contributed by atoms with E-state index in [2.05, 4.69) is 15.9 Å². The van der Waals surface area contributed by atoms with Crippen molar-refractivity contribution in [1.29, 1.82) is 0 Å². The lowest BCUT2D eigenvalue weighted by Gasteiger charge is -2.13. The second-order valence-electron chi connectivity index (χ2n) is 4.58. The fourth-order valence-electron chi connectivity index (χ4n) is 2.01. The fraction of sp³-hybridized carbons (Fsp3) is 0.250. The highest BCUT2D eigenvalue weighted by molar-refractivity contribution is 9.10. The highest BCUT2D eigenvalue weighted by Gasteiger charge is 2.07. The molecule has 0 amide bonds. The molecule has 0 atom stereocenters. The second kappa shape index (κ2) is 7.43. The molecule has 0 aliphatic heterocycles. The number of benzene rings is 2. The van der Waals surface area contributed by atoms with Crippen LogP contribution in [-0.2, 0) is 13.0 Å². The Balaban J connectivity index is 2.17. The standard InChI is InChI=1S/C16H17BrFNO2/c1-20-15-3-2-12(4-5-19)16(9-15)21-10-11-6-13(17)8-14(18)7-11/h2-3,6-9H,4-5,10,19H2,1H3. The largest absolute Gasteiger partial charge is 0.497 e. The van der Waals surface area contributed by atoms with Crippen LogP contribution in [0.4, 0.5) is 4.39 Å². The molecule has 2 aromatic rings. The Hall–Kier alpha value is -1.59. The molecule has 0 bridgehead atoms. The van der Waals surface area contributed by atoms with Crippen LogP contribution in [0.3, 0.4) is 0 Å². The molecule has 0 saturated heterocycles. The van der Waals surface area contributed by atoms with Crippen LogP contribution in [0.25, 0.3) is 0 Å². The van der Waals surface area contributed by atoms with Gasteiger partial charge in [0.25, 0.3) is 0 Å². The average molecular weight is 354 g/mol. The van der Waals surface area contributed by atoms with Crippen molar-refractivity contribution in [2.75, 3.05) is 13.7 Å². The summed E-state index contributed by atoms with van der Waals surface area (Å²) in [6.07, 6.45) is 0.714. The first kappa shape index (κ1) is 15.8. The van der Waals surface area contributed by atoms with Crippen molar-refractivity contribution in [3.05, 3.63) is 57.8 Å². The molecule has 112 valence electrons. The number of hydrogen-bond donors (Lipinski definition) is 1. The van der Waals surface area contributed by atoms with Crippen molar-refractivity contribution in [3.8, 4) is 11.5 Å². The molecule has 0 saturated carbocycles. The van der Waals surface area contributed by atoms with E-state index < -0.39 is 0 Å². The molecule has 0 radical (unpaired) electrons. The molecule has 0 aliphatic carbocycles. The van der Waals surface area contributed by atoms with Gasteiger partial charge in [-0.1, -0.05) is 22.0 Å². The molecule has 3 nitrogen and oxygen atoms in total. The summed E-state index contributed by atoms with van der Waals surface area (Å²) in [6.45, 7) is 0.815. The first-order chi connectivity index (χ1) is 10.1. The Kier molecular flexibility index (Phi) is 5.59. The van der Waals surface area contributed by atoms with Crippen molar-refractivity contribution in [1.82, 2.24) is 0 Å². The van der Waals surface area contributed by atoms with Gasteiger partial charge in [0.05, 0.1) is 7.11 Å². The van der Waals surface area contributed by atoms with Crippen LogP contribution in [0.2, 0.25) is 0 Å². The molecular formula is C16H17BrFNO2. The zero-order valence-electron chi connectivity index (χ0n) is 11.7. The maximum Gasteiger partial charge on any atom is 0.126 e. The molecule has 5 heteroatoms. The van der Waals surface area contributed by atoms with Crippen LogP contribution in [-0.4, -0.2) is 13.7 Å². The van der Waals surface area contributed by atoms with E-state index >= 15 is 0 Å². The molecule has 0 aliphatic rings. The molecule has 2 aromatic carbocycles. The summed E-state index contributed by atoms with van der Waals surface area (Å²) in [7, 11) is 1.60. The molecule has 21 heavy (non-hydrogen) atoms. The molecule has 0 heterocycles. The third kappa shape index (κ3) is 4.44. The summed E-state index contributed by atoms with van der Waals surface area (Å²) < 4.78 is 25.0. The number of halogens is 2. The first-order valence-corrected chi connectivity index (χ1v) is 7.36. The minimum Gasteiger partial charge on any atom is -0.497 e. The minimum absolute atomic E-state index is 0.279. The van der Waals surface area contributed by atoms with E-state index in [1.165, 1.54) is 12.1 Å². The van der Waals surface area contributed by atoms with Crippen LogP contribution in [0.15, 0.2) is 40.9 Å². The van der Waals surface area contributed by atoms with Crippen LogP contribution in [0.5, 0.6) is 11.5 Å². The van der Waals surface area contributed by atoms with Gasteiger partial charge in [0.2, 0.25) is 0 Å². The van der Waals surface area contributed by atoms with Crippen molar-refractivity contribution in [2.45, 2.75) is 13.0 Å². The van der Waals surface area contributed by atoms with Crippen LogP contribution >= 0.6 is 15.9 Å². The SMILES string of the molecule is COc1ccc(CCN)c(OCc2cc(F)cc(Br)c2)c1. The average Bonchev–Trinajstić information content (AvgIpc) is 2.45. The zero-order valence-corrected chi connectivity index (χ0v) is 13.3. The Labute approximate surface area is 132 Å². The smallest absolute Gasteiger partial charge is 0.126 e. The summed E-state index contributed by atoms with van der Waals surface area (Å²) in [6, 6.07) is 10.3. The quantitative estimate of drug-likeness (QED) is 0.861. The van der Waals surface area contributed by atoms with E-state index in [0.717, 1.165) is 11.1 Å². The van der Waals surface area contributed by atoms with E-state index in [1.54, 1.807) is 7.11 Å². The molecular weight excluding hydrogens is 337 g/mol. The van der Waals surface area contributed by atoms with Crippen LogP contribution < -0.4 is 15.2 Å². The van der Waals surface area contributed by atoms with E-state index in [1.807, 2.05) is 24.3 Å². The topological polar surface area (TPSA) is 44.5 Å². The normalized spacial score (nSPS) is 10.5. The van der Waals surface area contributed by atoms with Gasteiger partial charge >= 0.3 is 0 Å². The van der Waals surface area contributed by atoms with Gasteiger partial charge in [-0.2, -0.15) is 0 Å². The fourth-order valence-corrected chi connectivity index (χ4v) is 2.53. The predicted octanol–water partition coefficient (Wildman–Crippen LogP) is 3.68. The van der Waals surface area contributed by atoms with Gasteiger partial charge in [-0.3, -0.25) is 0 Å². The Morgan fingerprint density at radius 1 is 1.19 bits per heavy atom. The Morgan fingerprint density at radius 3 is 2.67 bits per heavy atom. The summed E-state index contributed by atoms with van der Waals surface area (Å²) in [4.78, 5) is 0.